The number of rotatable bonds is 12. The van der Waals surface area contributed by atoms with E-state index in [0.29, 0.717) is 0 Å². The Morgan fingerprint density at radius 3 is 1.58 bits per heavy atom. The minimum atomic E-state index is 0.113. The second kappa shape index (κ2) is 12.2. The molecule has 0 fully saturated rings. The van der Waals surface area contributed by atoms with Gasteiger partial charge in [-0.05, 0) is 24.8 Å². The van der Waals surface area contributed by atoms with Crippen molar-refractivity contribution in [1.82, 2.24) is 0 Å². The first kappa shape index (κ1) is 16.2. The van der Waals surface area contributed by atoms with Crippen molar-refractivity contribution < 1.29 is 5.11 Å². The molecule has 1 nitrogen and oxygen atoms in total. The number of aryl methyl sites for hydroxylation is 1. The maximum atomic E-state index is 10.3. The van der Waals surface area contributed by atoms with Gasteiger partial charge in [-0.25, -0.2) is 5.11 Å². The van der Waals surface area contributed by atoms with Gasteiger partial charge >= 0.3 is 0 Å². The van der Waals surface area contributed by atoms with Crippen molar-refractivity contribution in [3.63, 3.8) is 0 Å². The molecule has 0 saturated carbocycles. The van der Waals surface area contributed by atoms with E-state index in [1.54, 1.807) is 0 Å². The van der Waals surface area contributed by atoms with Gasteiger partial charge in [0, 0.05) is 0 Å². The highest BCUT2D eigenvalue weighted by atomic mass is 16.2. The van der Waals surface area contributed by atoms with Gasteiger partial charge < -0.3 is 0 Å². The van der Waals surface area contributed by atoms with E-state index in [9.17, 15) is 5.11 Å². The highest BCUT2D eigenvalue weighted by Gasteiger charge is 1.94. The molecular weight excluding hydrogens is 232 g/mol. The molecule has 0 aliphatic rings. The lowest BCUT2D eigenvalue weighted by Gasteiger charge is -2.03. The Morgan fingerprint density at radius 2 is 1.05 bits per heavy atom. The molecular formula is C18H29O. The van der Waals surface area contributed by atoms with E-state index in [0.717, 1.165) is 12.8 Å². The SMILES string of the molecule is [O]CCCCCCCCCCCCc1ccccc1. The Morgan fingerprint density at radius 1 is 0.579 bits per heavy atom. The normalized spacial score (nSPS) is 10.8. The van der Waals surface area contributed by atoms with E-state index >= 15 is 0 Å². The van der Waals surface area contributed by atoms with Crippen LogP contribution in [0.5, 0.6) is 0 Å². The molecule has 0 unspecified atom stereocenters. The van der Waals surface area contributed by atoms with Crippen molar-refractivity contribution in [2.24, 2.45) is 0 Å². The summed E-state index contributed by atoms with van der Waals surface area (Å²) in [6, 6.07) is 10.8. The lowest BCUT2D eigenvalue weighted by molar-refractivity contribution is 0.186. The predicted molar refractivity (Wildman–Crippen MR) is 81.9 cm³/mol. The molecule has 0 N–H and O–H groups in total. The minimum absolute atomic E-state index is 0.113. The van der Waals surface area contributed by atoms with Gasteiger partial charge in [0.2, 0.25) is 0 Å². The summed E-state index contributed by atoms with van der Waals surface area (Å²) in [6.07, 6.45) is 14.0. The molecule has 0 aromatic heterocycles. The van der Waals surface area contributed by atoms with Crippen LogP contribution in [0.15, 0.2) is 30.3 Å². The average molecular weight is 261 g/mol. The third-order valence-electron chi connectivity index (χ3n) is 3.70. The Balaban J connectivity index is 1.79. The molecule has 0 saturated heterocycles. The van der Waals surface area contributed by atoms with Crippen molar-refractivity contribution in [1.29, 1.82) is 0 Å². The summed E-state index contributed by atoms with van der Waals surface area (Å²) in [6.45, 7) is 0.113. The largest absolute Gasteiger partial charge is 0.237 e. The third kappa shape index (κ3) is 9.72. The summed E-state index contributed by atoms with van der Waals surface area (Å²) in [5.41, 5.74) is 1.47. The lowest BCUT2D eigenvalue weighted by atomic mass is 10.0. The summed E-state index contributed by atoms with van der Waals surface area (Å²) in [7, 11) is 0. The van der Waals surface area contributed by atoms with Crippen LogP contribution in [0.4, 0.5) is 0 Å². The van der Waals surface area contributed by atoms with Gasteiger partial charge in [-0.3, -0.25) is 0 Å². The summed E-state index contributed by atoms with van der Waals surface area (Å²) in [5, 5.41) is 10.3. The Labute approximate surface area is 119 Å². The van der Waals surface area contributed by atoms with Crippen LogP contribution in [0.3, 0.4) is 0 Å². The van der Waals surface area contributed by atoms with Gasteiger partial charge in [0.1, 0.15) is 0 Å². The highest BCUT2D eigenvalue weighted by Crippen LogP contribution is 2.12. The zero-order valence-corrected chi connectivity index (χ0v) is 12.3. The Hall–Kier alpha value is -0.820. The molecule has 0 bridgehead atoms. The van der Waals surface area contributed by atoms with E-state index in [-0.39, 0.29) is 6.61 Å². The van der Waals surface area contributed by atoms with Crippen molar-refractivity contribution >= 4 is 0 Å². The summed E-state index contributed by atoms with van der Waals surface area (Å²) < 4.78 is 0. The van der Waals surface area contributed by atoms with Crippen LogP contribution >= 0.6 is 0 Å². The second-order valence-electron chi connectivity index (χ2n) is 5.48. The summed E-state index contributed by atoms with van der Waals surface area (Å²) in [5.74, 6) is 0. The Bertz CT molecular complexity index is 281. The second-order valence-corrected chi connectivity index (χ2v) is 5.48. The minimum Gasteiger partial charge on any atom is -0.237 e. The lowest BCUT2D eigenvalue weighted by Crippen LogP contribution is -1.86. The molecule has 1 aromatic rings. The van der Waals surface area contributed by atoms with E-state index in [2.05, 4.69) is 30.3 Å². The third-order valence-corrected chi connectivity index (χ3v) is 3.70. The van der Waals surface area contributed by atoms with E-state index in [1.807, 2.05) is 0 Å². The van der Waals surface area contributed by atoms with Crippen LogP contribution in [0.2, 0.25) is 0 Å². The van der Waals surface area contributed by atoms with Gasteiger partial charge in [-0.15, -0.1) is 0 Å². The molecule has 0 heterocycles. The average Bonchev–Trinajstić information content (AvgIpc) is 2.46. The molecule has 0 spiro atoms. The predicted octanol–water partition coefficient (Wildman–Crippen LogP) is 5.56. The molecule has 107 valence electrons. The zero-order chi connectivity index (χ0) is 13.6. The first-order valence-electron chi connectivity index (χ1n) is 8.05. The van der Waals surface area contributed by atoms with Gasteiger partial charge in [-0.2, -0.15) is 0 Å². The summed E-state index contributed by atoms with van der Waals surface area (Å²) >= 11 is 0. The van der Waals surface area contributed by atoms with Crippen LogP contribution < -0.4 is 0 Å². The first-order valence-corrected chi connectivity index (χ1v) is 8.05. The smallest absolute Gasteiger partial charge is 0.0822 e. The first-order chi connectivity index (χ1) is 9.43. The molecule has 0 amide bonds. The van der Waals surface area contributed by atoms with Crippen molar-refractivity contribution in [3.05, 3.63) is 35.9 Å². The molecule has 19 heavy (non-hydrogen) atoms. The standard InChI is InChI=1S/C18H29O/c19-17-13-8-6-4-2-1-3-5-7-10-14-18-15-11-9-12-16-18/h9,11-12,15-16H,1-8,10,13-14,17H2. The fourth-order valence-electron chi connectivity index (χ4n) is 2.49. The monoisotopic (exact) mass is 261 g/mol. The van der Waals surface area contributed by atoms with Crippen LogP contribution in [0.1, 0.15) is 69.8 Å². The van der Waals surface area contributed by atoms with Crippen molar-refractivity contribution in [2.45, 2.75) is 70.6 Å². The quantitative estimate of drug-likeness (QED) is 0.439. The molecule has 1 radical (unpaired) electrons. The highest BCUT2D eigenvalue weighted by molar-refractivity contribution is 5.14. The fourth-order valence-corrected chi connectivity index (χ4v) is 2.49. The number of hydrogen-bond acceptors (Lipinski definition) is 0. The molecule has 0 aliphatic heterocycles. The van der Waals surface area contributed by atoms with Crippen LogP contribution in [-0.4, -0.2) is 6.61 Å². The van der Waals surface area contributed by atoms with Crippen LogP contribution in [0, 0.1) is 0 Å². The van der Waals surface area contributed by atoms with E-state index in [1.165, 1.54) is 63.4 Å². The zero-order valence-electron chi connectivity index (χ0n) is 12.3. The van der Waals surface area contributed by atoms with Crippen LogP contribution in [0.25, 0.3) is 0 Å². The van der Waals surface area contributed by atoms with E-state index in [4.69, 9.17) is 0 Å². The molecule has 0 aliphatic carbocycles. The van der Waals surface area contributed by atoms with Gasteiger partial charge in [0.05, 0.1) is 6.61 Å². The summed E-state index contributed by atoms with van der Waals surface area (Å²) in [4.78, 5) is 0. The maximum absolute atomic E-state index is 10.3. The van der Waals surface area contributed by atoms with Gasteiger partial charge in [0.25, 0.3) is 0 Å². The number of unbranched alkanes of at least 4 members (excludes halogenated alkanes) is 9. The van der Waals surface area contributed by atoms with Gasteiger partial charge in [-0.1, -0.05) is 81.7 Å². The maximum Gasteiger partial charge on any atom is 0.0822 e. The fraction of sp³-hybridized carbons (Fsp3) is 0.667. The van der Waals surface area contributed by atoms with Crippen molar-refractivity contribution in [2.75, 3.05) is 6.61 Å². The topological polar surface area (TPSA) is 19.9 Å². The molecule has 1 heteroatoms. The molecule has 0 atom stereocenters. The van der Waals surface area contributed by atoms with Crippen molar-refractivity contribution in [3.8, 4) is 0 Å². The molecule has 1 aromatic carbocycles. The number of hydrogen-bond donors (Lipinski definition) is 0. The molecule has 1 rings (SSSR count). The van der Waals surface area contributed by atoms with Gasteiger partial charge in [0.15, 0.2) is 0 Å². The number of benzene rings is 1. The van der Waals surface area contributed by atoms with Crippen LogP contribution in [-0.2, 0) is 11.5 Å². The van der Waals surface area contributed by atoms with E-state index < -0.39 is 0 Å². The Kier molecular flexibility index (Phi) is 10.4.